The molecule has 4 aromatic heterocycles. The van der Waals surface area contributed by atoms with Crippen molar-refractivity contribution in [3.05, 3.63) is 59.5 Å². The van der Waals surface area contributed by atoms with Crippen LogP contribution in [0.25, 0.3) is 39.3 Å². The van der Waals surface area contributed by atoms with Crippen LogP contribution < -0.4 is 5.56 Å². The van der Waals surface area contributed by atoms with E-state index < -0.39 is 0 Å². The molecule has 0 bridgehead atoms. The van der Waals surface area contributed by atoms with Gasteiger partial charge in [-0.25, -0.2) is 14.5 Å². The molecule has 8 nitrogen and oxygen atoms in total. The first-order valence-electron chi connectivity index (χ1n) is 8.21. The Balaban J connectivity index is 1.74. The highest BCUT2D eigenvalue weighted by Crippen LogP contribution is 2.25. The van der Waals surface area contributed by atoms with Crippen LogP contribution in [0.15, 0.2) is 58.3 Å². The van der Waals surface area contributed by atoms with Crippen LogP contribution in [0.1, 0.15) is 6.92 Å². The second kappa shape index (κ2) is 5.41. The summed E-state index contributed by atoms with van der Waals surface area (Å²) in [5, 5.41) is 8.31. The van der Waals surface area contributed by atoms with Crippen LogP contribution in [0.3, 0.4) is 0 Å². The monoisotopic (exact) mass is 346 g/mol. The molecule has 0 saturated heterocycles. The third-order valence-electron chi connectivity index (χ3n) is 4.40. The summed E-state index contributed by atoms with van der Waals surface area (Å²) in [5.41, 5.74) is 3.36. The number of aromatic nitrogens is 6. The number of benzene rings is 1. The van der Waals surface area contributed by atoms with Gasteiger partial charge in [-0.05, 0) is 13.0 Å². The predicted octanol–water partition coefficient (Wildman–Crippen LogP) is 2.71. The molecule has 8 heteroatoms. The molecule has 4 heterocycles. The number of aryl methyl sites for hydroxylation is 1. The second-order valence-corrected chi connectivity index (χ2v) is 5.90. The van der Waals surface area contributed by atoms with Gasteiger partial charge >= 0.3 is 0 Å². The van der Waals surface area contributed by atoms with E-state index in [-0.39, 0.29) is 5.56 Å². The van der Waals surface area contributed by atoms with Gasteiger partial charge in [-0.3, -0.25) is 14.6 Å². The van der Waals surface area contributed by atoms with Crippen molar-refractivity contribution in [1.82, 2.24) is 29.4 Å². The molecule has 0 radical (unpaired) electrons. The summed E-state index contributed by atoms with van der Waals surface area (Å²) in [6.45, 7) is 2.81. The molecule has 0 saturated carbocycles. The zero-order valence-corrected chi connectivity index (χ0v) is 13.9. The summed E-state index contributed by atoms with van der Waals surface area (Å²) in [6, 6.07) is 7.44. The maximum Gasteiger partial charge on any atom is 0.273 e. The maximum atomic E-state index is 12.5. The standard InChI is InChI=1S/C18H14N6O2/c1-2-23-15-7-11(3-4-12(15)9-20-23)14-8-16(25)24-17(22-14)13(10-21-24)18-19-5-6-26-18/h3-10,21H,2H2,1H3. The Hall–Kier alpha value is -3.68. The Kier molecular flexibility index (Phi) is 3.05. The topological polar surface area (TPSA) is 94.0 Å². The number of nitrogens with zero attached hydrogens (tertiary/aromatic N) is 5. The average Bonchev–Trinajstić information content (AvgIpc) is 3.39. The van der Waals surface area contributed by atoms with Crippen molar-refractivity contribution < 1.29 is 4.42 Å². The molecule has 0 aliphatic heterocycles. The van der Waals surface area contributed by atoms with Crippen LogP contribution in [0.2, 0.25) is 0 Å². The minimum absolute atomic E-state index is 0.202. The highest BCUT2D eigenvalue weighted by Gasteiger charge is 2.15. The van der Waals surface area contributed by atoms with E-state index in [0.717, 1.165) is 23.0 Å². The number of nitrogens with one attached hydrogen (secondary N) is 1. The predicted molar refractivity (Wildman–Crippen MR) is 95.7 cm³/mol. The van der Waals surface area contributed by atoms with Crippen LogP contribution in [0.4, 0.5) is 0 Å². The molecule has 128 valence electrons. The SMILES string of the molecule is CCn1ncc2ccc(-c3cc(=O)n4[nH]cc(-c5ncco5)c4n3)cc21. The summed E-state index contributed by atoms with van der Waals surface area (Å²) >= 11 is 0. The normalized spacial score (nSPS) is 11.6. The number of H-pyrrole nitrogens is 1. The van der Waals surface area contributed by atoms with Crippen LogP contribution in [-0.4, -0.2) is 29.4 Å². The van der Waals surface area contributed by atoms with Crippen molar-refractivity contribution in [2.75, 3.05) is 0 Å². The largest absolute Gasteiger partial charge is 0.444 e. The Labute approximate surface area is 146 Å². The fourth-order valence-electron chi connectivity index (χ4n) is 3.12. The highest BCUT2D eigenvalue weighted by molar-refractivity contribution is 5.84. The number of oxazole rings is 1. The lowest BCUT2D eigenvalue weighted by atomic mass is 10.1. The molecule has 0 atom stereocenters. The van der Waals surface area contributed by atoms with Gasteiger partial charge in [0.25, 0.3) is 5.56 Å². The van der Waals surface area contributed by atoms with Crippen molar-refractivity contribution >= 4 is 16.6 Å². The Morgan fingerprint density at radius 2 is 2.19 bits per heavy atom. The quantitative estimate of drug-likeness (QED) is 0.542. The number of hydrogen-bond donors (Lipinski definition) is 1. The van der Waals surface area contributed by atoms with Crippen molar-refractivity contribution in [3.63, 3.8) is 0 Å². The summed E-state index contributed by atoms with van der Waals surface area (Å²) in [6.07, 6.45) is 6.54. The van der Waals surface area contributed by atoms with Crippen LogP contribution in [-0.2, 0) is 6.54 Å². The fraction of sp³-hybridized carbons (Fsp3) is 0.111. The lowest BCUT2D eigenvalue weighted by Gasteiger charge is -2.04. The third-order valence-corrected chi connectivity index (χ3v) is 4.40. The van der Waals surface area contributed by atoms with E-state index in [9.17, 15) is 4.79 Å². The fourth-order valence-corrected chi connectivity index (χ4v) is 3.12. The minimum atomic E-state index is -0.202. The molecular formula is C18H14N6O2. The molecule has 0 unspecified atom stereocenters. The van der Waals surface area contributed by atoms with Gasteiger partial charge in [-0.1, -0.05) is 12.1 Å². The number of hydrogen-bond acceptors (Lipinski definition) is 5. The van der Waals surface area contributed by atoms with E-state index >= 15 is 0 Å². The number of fused-ring (bicyclic) bond motifs is 2. The summed E-state index contributed by atoms with van der Waals surface area (Å²) in [7, 11) is 0. The first-order valence-corrected chi connectivity index (χ1v) is 8.21. The van der Waals surface area contributed by atoms with Gasteiger partial charge in [0.05, 0.1) is 29.2 Å². The molecule has 0 fully saturated rings. The molecule has 0 spiro atoms. The van der Waals surface area contributed by atoms with Crippen molar-refractivity contribution in [3.8, 4) is 22.7 Å². The number of rotatable bonds is 3. The van der Waals surface area contributed by atoms with E-state index in [1.54, 1.807) is 12.4 Å². The molecule has 0 aliphatic carbocycles. The van der Waals surface area contributed by atoms with Gasteiger partial charge in [0.2, 0.25) is 5.89 Å². The molecule has 5 rings (SSSR count). The van der Waals surface area contributed by atoms with E-state index in [1.165, 1.54) is 16.8 Å². The second-order valence-electron chi connectivity index (χ2n) is 5.90. The molecule has 0 aliphatic rings. The van der Waals surface area contributed by atoms with Gasteiger partial charge in [0.15, 0.2) is 5.65 Å². The number of aromatic amines is 1. The van der Waals surface area contributed by atoms with Gasteiger partial charge in [0, 0.05) is 29.8 Å². The van der Waals surface area contributed by atoms with Gasteiger partial charge in [-0.2, -0.15) is 5.10 Å². The lowest BCUT2D eigenvalue weighted by Crippen LogP contribution is -2.14. The molecule has 26 heavy (non-hydrogen) atoms. The van der Waals surface area contributed by atoms with Gasteiger partial charge < -0.3 is 4.42 Å². The minimum Gasteiger partial charge on any atom is -0.444 e. The van der Waals surface area contributed by atoms with Crippen LogP contribution in [0, 0.1) is 0 Å². The van der Waals surface area contributed by atoms with E-state index in [1.807, 2.05) is 36.0 Å². The molecule has 1 aromatic carbocycles. The summed E-state index contributed by atoms with van der Waals surface area (Å²) in [5.74, 6) is 0.410. The maximum absolute atomic E-state index is 12.5. The van der Waals surface area contributed by atoms with Crippen LogP contribution >= 0.6 is 0 Å². The van der Waals surface area contributed by atoms with Crippen molar-refractivity contribution in [1.29, 1.82) is 0 Å². The Bertz CT molecular complexity index is 1290. The smallest absolute Gasteiger partial charge is 0.273 e. The van der Waals surface area contributed by atoms with E-state index in [4.69, 9.17) is 4.42 Å². The molecule has 0 amide bonds. The summed E-state index contributed by atoms with van der Waals surface area (Å²) < 4.78 is 8.64. The zero-order valence-electron chi connectivity index (χ0n) is 13.9. The molecule has 5 aromatic rings. The van der Waals surface area contributed by atoms with Crippen molar-refractivity contribution in [2.24, 2.45) is 0 Å². The molecule has 1 N–H and O–H groups in total. The van der Waals surface area contributed by atoms with E-state index in [0.29, 0.717) is 22.8 Å². The highest BCUT2D eigenvalue weighted by atomic mass is 16.3. The average molecular weight is 346 g/mol. The van der Waals surface area contributed by atoms with Gasteiger partial charge in [0.1, 0.15) is 6.26 Å². The lowest BCUT2D eigenvalue weighted by molar-refractivity contribution is 0.575. The van der Waals surface area contributed by atoms with E-state index in [2.05, 4.69) is 20.2 Å². The van der Waals surface area contributed by atoms with Crippen molar-refractivity contribution in [2.45, 2.75) is 13.5 Å². The molecular weight excluding hydrogens is 332 g/mol. The third kappa shape index (κ3) is 2.08. The summed E-state index contributed by atoms with van der Waals surface area (Å²) in [4.78, 5) is 21.3. The Morgan fingerprint density at radius 1 is 1.27 bits per heavy atom. The first kappa shape index (κ1) is 14.6. The van der Waals surface area contributed by atoms with Gasteiger partial charge in [-0.15, -0.1) is 0 Å². The Morgan fingerprint density at radius 3 is 3.00 bits per heavy atom. The van der Waals surface area contributed by atoms with Crippen LogP contribution in [0.5, 0.6) is 0 Å². The zero-order chi connectivity index (χ0) is 17.7. The first-order chi connectivity index (χ1) is 12.7.